The summed E-state index contributed by atoms with van der Waals surface area (Å²) in [4.78, 5) is 11.9. The van der Waals surface area contributed by atoms with Gasteiger partial charge >= 0.3 is 6.61 Å². The summed E-state index contributed by atoms with van der Waals surface area (Å²) >= 11 is 0. The quantitative estimate of drug-likeness (QED) is 0.740. The molecule has 1 aliphatic carbocycles. The lowest BCUT2D eigenvalue weighted by Crippen LogP contribution is -2.05. The molecule has 1 aliphatic rings. The molecule has 4 rings (SSSR count). The maximum Gasteiger partial charge on any atom is 0.387 e. The van der Waals surface area contributed by atoms with Gasteiger partial charge < -0.3 is 9.72 Å². The largest absolute Gasteiger partial charge is 0.435 e. The number of allylic oxidation sites excluding steroid dienone is 1. The van der Waals surface area contributed by atoms with Crippen LogP contribution in [-0.2, 0) is 6.42 Å². The first-order valence-electron chi connectivity index (χ1n) is 8.14. The highest BCUT2D eigenvalue weighted by Crippen LogP contribution is 2.41. The van der Waals surface area contributed by atoms with E-state index in [1.165, 1.54) is 5.57 Å². The number of nitrogens with one attached hydrogen (secondary N) is 1. The van der Waals surface area contributed by atoms with Crippen LogP contribution >= 0.6 is 0 Å². The number of ether oxygens (including phenoxy) is 1. The molecule has 25 heavy (non-hydrogen) atoms. The lowest BCUT2D eigenvalue weighted by atomic mass is 10.00. The number of pyridine rings is 1. The number of nitrogens with zero attached hydrogens (tertiary/aromatic N) is 2. The van der Waals surface area contributed by atoms with Crippen molar-refractivity contribution in [2.45, 2.75) is 26.9 Å². The Balaban J connectivity index is 1.87. The summed E-state index contributed by atoms with van der Waals surface area (Å²) in [6.45, 7) is 1.35. The van der Waals surface area contributed by atoms with Crippen molar-refractivity contribution >= 4 is 17.1 Å². The number of hydrogen-bond acceptors (Lipinski definition) is 3. The molecule has 128 valence electrons. The molecule has 4 nitrogen and oxygen atoms in total. The molecule has 0 spiro atoms. The summed E-state index contributed by atoms with van der Waals surface area (Å²) < 4.78 is 30.2. The summed E-state index contributed by atoms with van der Waals surface area (Å²) in [6, 6.07) is 5.21. The van der Waals surface area contributed by atoms with E-state index in [9.17, 15) is 8.78 Å². The van der Waals surface area contributed by atoms with Gasteiger partial charge in [-0.15, -0.1) is 0 Å². The van der Waals surface area contributed by atoms with Crippen molar-refractivity contribution in [2.75, 3.05) is 0 Å². The van der Waals surface area contributed by atoms with Gasteiger partial charge in [-0.1, -0.05) is 25.5 Å². The van der Waals surface area contributed by atoms with Crippen LogP contribution in [0.25, 0.3) is 28.5 Å². The average molecular weight is 341 g/mol. The number of rotatable bonds is 4. The number of aromatic amines is 1. The van der Waals surface area contributed by atoms with Gasteiger partial charge in [0.05, 0.1) is 17.2 Å². The molecule has 0 aliphatic heterocycles. The topological polar surface area (TPSA) is 50.8 Å². The van der Waals surface area contributed by atoms with Crippen LogP contribution in [-0.4, -0.2) is 21.6 Å². The minimum atomic E-state index is -2.84. The fourth-order valence-corrected chi connectivity index (χ4v) is 3.20. The van der Waals surface area contributed by atoms with Crippen LogP contribution < -0.4 is 4.74 Å². The van der Waals surface area contributed by atoms with Gasteiger partial charge in [0.2, 0.25) is 0 Å². The first kappa shape index (κ1) is 15.7. The van der Waals surface area contributed by atoms with E-state index < -0.39 is 6.61 Å². The molecule has 0 fully saturated rings. The highest BCUT2D eigenvalue weighted by atomic mass is 19.3. The average Bonchev–Trinajstić information content (AvgIpc) is 3.19. The summed E-state index contributed by atoms with van der Waals surface area (Å²) in [5, 5.41) is 0. The van der Waals surface area contributed by atoms with Gasteiger partial charge in [-0.2, -0.15) is 8.78 Å². The predicted octanol–water partition coefficient (Wildman–Crippen LogP) is 4.82. The van der Waals surface area contributed by atoms with Crippen molar-refractivity contribution in [1.29, 1.82) is 0 Å². The van der Waals surface area contributed by atoms with Gasteiger partial charge in [0.15, 0.2) is 0 Å². The molecule has 0 amide bonds. The molecule has 1 N–H and O–H groups in total. The first-order chi connectivity index (χ1) is 12.0. The Morgan fingerprint density at radius 1 is 1.20 bits per heavy atom. The van der Waals surface area contributed by atoms with Crippen LogP contribution in [0.2, 0.25) is 0 Å². The van der Waals surface area contributed by atoms with Gasteiger partial charge in [0.1, 0.15) is 11.6 Å². The lowest BCUT2D eigenvalue weighted by molar-refractivity contribution is -0.0503. The molecule has 0 radical (unpaired) electrons. The van der Waals surface area contributed by atoms with Gasteiger partial charge in [-0.25, -0.2) is 4.98 Å². The number of aromatic nitrogens is 3. The van der Waals surface area contributed by atoms with Crippen LogP contribution in [0.3, 0.4) is 0 Å². The second kappa shape index (κ2) is 5.95. The lowest BCUT2D eigenvalue weighted by Gasteiger charge is -2.13. The van der Waals surface area contributed by atoms with E-state index in [1.54, 1.807) is 24.5 Å². The number of halogens is 2. The SMILES string of the molecule is CC(C)C1=Cc2c(-c3nc4ccncc4[nH]3)ccc(OC(F)F)c2C1. The minimum absolute atomic E-state index is 0.235. The molecule has 2 aromatic heterocycles. The zero-order chi connectivity index (χ0) is 17.6. The third kappa shape index (κ3) is 2.77. The Bertz CT molecular complexity index is 943. The summed E-state index contributed by atoms with van der Waals surface area (Å²) in [6.07, 6.45) is 6.09. The summed E-state index contributed by atoms with van der Waals surface area (Å²) in [7, 11) is 0. The van der Waals surface area contributed by atoms with Gasteiger partial charge in [0, 0.05) is 17.3 Å². The number of hydrogen-bond donors (Lipinski definition) is 1. The zero-order valence-electron chi connectivity index (χ0n) is 13.9. The Kier molecular flexibility index (Phi) is 3.75. The van der Waals surface area contributed by atoms with Crippen LogP contribution in [0.4, 0.5) is 8.78 Å². The van der Waals surface area contributed by atoms with E-state index in [1.807, 2.05) is 6.07 Å². The Hall–Kier alpha value is -2.76. The van der Waals surface area contributed by atoms with E-state index in [4.69, 9.17) is 4.74 Å². The Labute approximate surface area is 143 Å². The molecule has 0 saturated carbocycles. The van der Waals surface area contributed by atoms with Crippen LogP contribution in [0.1, 0.15) is 25.0 Å². The van der Waals surface area contributed by atoms with Gasteiger partial charge in [-0.05, 0) is 36.1 Å². The summed E-state index contributed by atoms with van der Waals surface area (Å²) in [5.74, 6) is 1.27. The normalized spacial score (nSPS) is 13.6. The molecular weight excluding hydrogens is 324 g/mol. The fraction of sp³-hybridized carbons (Fsp3) is 0.263. The molecule has 1 aromatic carbocycles. The number of fused-ring (bicyclic) bond motifs is 2. The van der Waals surface area contributed by atoms with Crippen molar-refractivity contribution in [3.8, 4) is 17.1 Å². The smallest absolute Gasteiger partial charge is 0.387 e. The van der Waals surface area contributed by atoms with Gasteiger partial charge in [0.25, 0.3) is 0 Å². The van der Waals surface area contributed by atoms with Crippen LogP contribution in [0.15, 0.2) is 36.2 Å². The Morgan fingerprint density at radius 2 is 2.04 bits per heavy atom. The standard InChI is InChI=1S/C19H17F2N3O/c1-10(2)11-7-13-12(3-4-17(14(13)8-11)25-19(20)21)18-23-15-5-6-22-9-16(15)24-18/h3-7,9-10,19H,8H2,1-2H3,(H,23,24). The van der Waals surface area contributed by atoms with E-state index in [0.29, 0.717) is 18.2 Å². The predicted molar refractivity (Wildman–Crippen MR) is 92.5 cm³/mol. The highest BCUT2D eigenvalue weighted by molar-refractivity contribution is 5.84. The van der Waals surface area contributed by atoms with Crippen LogP contribution in [0.5, 0.6) is 5.75 Å². The monoisotopic (exact) mass is 341 g/mol. The van der Waals surface area contributed by atoms with E-state index in [-0.39, 0.29) is 5.75 Å². The molecule has 0 unspecified atom stereocenters. The highest BCUT2D eigenvalue weighted by Gasteiger charge is 2.24. The van der Waals surface area contributed by atoms with Crippen molar-refractivity contribution in [3.63, 3.8) is 0 Å². The molecule has 3 aromatic rings. The Morgan fingerprint density at radius 3 is 2.76 bits per heavy atom. The second-order valence-corrected chi connectivity index (χ2v) is 6.41. The van der Waals surface area contributed by atoms with Crippen molar-refractivity contribution in [1.82, 2.24) is 15.0 Å². The maximum atomic E-state index is 12.7. The molecule has 6 heteroatoms. The molecule has 2 heterocycles. The van der Waals surface area contributed by atoms with Crippen molar-refractivity contribution in [2.24, 2.45) is 5.92 Å². The third-order valence-electron chi connectivity index (χ3n) is 4.52. The fourth-order valence-electron chi connectivity index (χ4n) is 3.20. The molecule has 0 saturated heterocycles. The first-order valence-corrected chi connectivity index (χ1v) is 8.14. The van der Waals surface area contributed by atoms with E-state index >= 15 is 0 Å². The minimum Gasteiger partial charge on any atom is -0.435 e. The maximum absolute atomic E-state index is 12.7. The third-order valence-corrected chi connectivity index (χ3v) is 4.52. The van der Waals surface area contributed by atoms with E-state index in [2.05, 4.69) is 34.9 Å². The zero-order valence-corrected chi connectivity index (χ0v) is 13.9. The van der Waals surface area contributed by atoms with Crippen molar-refractivity contribution < 1.29 is 13.5 Å². The second-order valence-electron chi connectivity index (χ2n) is 6.41. The molecule has 0 bridgehead atoms. The molecule has 0 atom stereocenters. The number of alkyl halides is 2. The number of benzene rings is 1. The van der Waals surface area contributed by atoms with E-state index in [0.717, 1.165) is 27.7 Å². The van der Waals surface area contributed by atoms with Crippen LogP contribution in [0, 0.1) is 5.92 Å². The van der Waals surface area contributed by atoms with Crippen molar-refractivity contribution in [3.05, 3.63) is 47.3 Å². The molecular formula is C19H17F2N3O. The number of imidazole rings is 1. The van der Waals surface area contributed by atoms with Gasteiger partial charge in [-0.3, -0.25) is 4.98 Å². The number of H-pyrrole nitrogens is 1. The summed E-state index contributed by atoms with van der Waals surface area (Å²) in [5.41, 5.74) is 5.42.